The minimum Gasteiger partial charge on any atom is -0.208 e. The van der Waals surface area contributed by atoms with Crippen LogP contribution in [0, 0.1) is 0 Å². The second-order valence-electron chi connectivity index (χ2n) is 10.8. The van der Waals surface area contributed by atoms with Gasteiger partial charge in [-0.2, -0.15) is 0 Å². The number of hydrogen-bond acceptors (Lipinski definition) is 3. The van der Waals surface area contributed by atoms with Gasteiger partial charge in [-0.3, -0.25) is 0 Å². The molecule has 2 heterocycles. The lowest BCUT2D eigenvalue weighted by Crippen LogP contribution is -2.73. The Balaban J connectivity index is 1.49. The molecule has 1 aromatic heterocycles. The SMILES string of the molecule is c1ccc(-c2nc(-c3ccccc3)nc(-c3cccc4c3[Si](c3ccccc3)(c3ccccc3)c3ccccc3-4)n2)cc1. The normalized spacial score (nSPS) is 12.8. The van der Waals surface area contributed by atoms with Crippen LogP contribution in [-0.2, 0) is 0 Å². The molecule has 0 radical (unpaired) electrons. The summed E-state index contributed by atoms with van der Waals surface area (Å²) in [5.41, 5.74) is 5.54. The van der Waals surface area contributed by atoms with Crippen LogP contribution in [0.2, 0.25) is 0 Å². The molecule has 1 aliphatic heterocycles. The molecular formula is C39H27N3Si. The molecule has 0 spiro atoms. The van der Waals surface area contributed by atoms with E-state index in [-0.39, 0.29) is 0 Å². The number of benzene rings is 6. The molecule has 0 amide bonds. The van der Waals surface area contributed by atoms with Crippen LogP contribution in [0.15, 0.2) is 164 Å². The van der Waals surface area contributed by atoms with E-state index in [1.807, 2.05) is 36.4 Å². The highest BCUT2D eigenvalue weighted by Crippen LogP contribution is 2.33. The van der Waals surface area contributed by atoms with E-state index in [0.29, 0.717) is 17.5 Å². The van der Waals surface area contributed by atoms with Crippen molar-refractivity contribution in [1.29, 1.82) is 0 Å². The second kappa shape index (κ2) is 10.4. The highest BCUT2D eigenvalue weighted by molar-refractivity contribution is 7.22. The standard InChI is InChI=1S/C39H27N3Si/c1-5-16-28(17-6-1)37-40-38(29-18-7-2-8-19-29)42-39(41-37)34-26-15-25-33-32-24-13-14-27-35(32)43(36(33)34,30-20-9-3-10-21-30)31-22-11-4-12-23-31/h1-27H. The number of aromatic nitrogens is 3. The summed E-state index contributed by atoms with van der Waals surface area (Å²) in [4.78, 5) is 15.4. The predicted octanol–water partition coefficient (Wildman–Crippen LogP) is 6.23. The maximum atomic E-state index is 5.19. The Bertz CT molecular complexity index is 1960. The maximum absolute atomic E-state index is 5.19. The molecule has 1 aliphatic rings. The van der Waals surface area contributed by atoms with Gasteiger partial charge in [-0.15, -0.1) is 0 Å². The topological polar surface area (TPSA) is 38.7 Å². The third-order valence-corrected chi connectivity index (χ3v) is 13.3. The first-order chi connectivity index (χ1) is 21.3. The first kappa shape index (κ1) is 25.3. The monoisotopic (exact) mass is 565 g/mol. The van der Waals surface area contributed by atoms with Crippen LogP contribution in [0.3, 0.4) is 0 Å². The van der Waals surface area contributed by atoms with Crippen molar-refractivity contribution in [2.45, 2.75) is 0 Å². The molecule has 202 valence electrons. The minimum atomic E-state index is -2.75. The van der Waals surface area contributed by atoms with Crippen LogP contribution in [0.25, 0.3) is 45.3 Å². The lowest BCUT2D eigenvalue weighted by Gasteiger charge is -2.32. The van der Waals surface area contributed by atoms with Crippen LogP contribution in [0.1, 0.15) is 0 Å². The Morgan fingerprint density at radius 2 is 0.744 bits per heavy atom. The van der Waals surface area contributed by atoms with Gasteiger partial charge in [0, 0.05) is 16.7 Å². The fourth-order valence-electron chi connectivity index (χ4n) is 6.62. The number of fused-ring (bicyclic) bond motifs is 3. The molecule has 4 heteroatoms. The van der Waals surface area contributed by atoms with Gasteiger partial charge in [0.1, 0.15) is 0 Å². The minimum absolute atomic E-state index is 0.671. The Labute approximate surface area is 252 Å². The predicted molar refractivity (Wildman–Crippen MR) is 179 cm³/mol. The molecule has 0 aliphatic carbocycles. The largest absolute Gasteiger partial charge is 0.208 e. The molecule has 0 saturated heterocycles. The summed E-state index contributed by atoms with van der Waals surface area (Å²) in [6, 6.07) is 58.1. The molecule has 0 unspecified atom stereocenters. The van der Waals surface area contributed by atoms with Crippen molar-refractivity contribution < 1.29 is 0 Å². The first-order valence-corrected chi connectivity index (χ1v) is 16.6. The summed E-state index contributed by atoms with van der Waals surface area (Å²) < 4.78 is 0. The van der Waals surface area contributed by atoms with Gasteiger partial charge in [0.25, 0.3) is 0 Å². The van der Waals surface area contributed by atoms with Gasteiger partial charge in [0.05, 0.1) is 0 Å². The van der Waals surface area contributed by atoms with Crippen molar-refractivity contribution in [3.63, 3.8) is 0 Å². The third kappa shape index (κ3) is 4.07. The molecule has 0 atom stereocenters. The van der Waals surface area contributed by atoms with E-state index >= 15 is 0 Å². The van der Waals surface area contributed by atoms with E-state index in [1.165, 1.54) is 31.9 Å². The van der Waals surface area contributed by atoms with Gasteiger partial charge >= 0.3 is 0 Å². The van der Waals surface area contributed by atoms with E-state index < -0.39 is 8.07 Å². The summed E-state index contributed by atoms with van der Waals surface area (Å²) in [5, 5.41) is 5.43. The second-order valence-corrected chi connectivity index (χ2v) is 14.5. The molecule has 0 saturated carbocycles. The average molecular weight is 566 g/mol. The van der Waals surface area contributed by atoms with E-state index in [2.05, 4.69) is 127 Å². The summed E-state index contributed by atoms with van der Waals surface area (Å²) in [6.45, 7) is 0. The molecule has 6 aromatic carbocycles. The van der Waals surface area contributed by atoms with Crippen LogP contribution in [0.4, 0.5) is 0 Å². The van der Waals surface area contributed by atoms with Crippen molar-refractivity contribution in [3.05, 3.63) is 164 Å². The number of hydrogen-bond donors (Lipinski definition) is 0. The van der Waals surface area contributed by atoms with Crippen molar-refractivity contribution >= 4 is 28.8 Å². The lowest BCUT2D eigenvalue weighted by molar-refractivity contribution is 1.08. The van der Waals surface area contributed by atoms with Gasteiger partial charge in [-0.05, 0) is 31.9 Å². The highest BCUT2D eigenvalue weighted by Gasteiger charge is 2.50. The smallest absolute Gasteiger partial charge is 0.181 e. The lowest BCUT2D eigenvalue weighted by atomic mass is 10.0. The zero-order chi connectivity index (χ0) is 28.6. The molecule has 0 bridgehead atoms. The Hall–Kier alpha value is -5.45. The number of rotatable bonds is 5. The van der Waals surface area contributed by atoms with Gasteiger partial charge in [0.2, 0.25) is 0 Å². The Morgan fingerprint density at radius 1 is 0.326 bits per heavy atom. The van der Waals surface area contributed by atoms with Crippen LogP contribution >= 0.6 is 0 Å². The maximum Gasteiger partial charge on any atom is 0.181 e. The molecule has 43 heavy (non-hydrogen) atoms. The van der Waals surface area contributed by atoms with Crippen LogP contribution in [-0.4, -0.2) is 23.0 Å². The molecule has 0 fully saturated rings. The van der Waals surface area contributed by atoms with E-state index in [0.717, 1.165) is 16.7 Å². The summed E-state index contributed by atoms with van der Waals surface area (Å²) in [6.07, 6.45) is 0. The van der Waals surface area contributed by atoms with Gasteiger partial charge in [-0.1, -0.05) is 164 Å². The van der Waals surface area contributed by atoms with Crippen molar-refractivity contribution in [2.75, 3.05) is 0 Å². The first-order valence-electron chi connectivity index (χ1n) is 14.6. The third-order valence-electron chi connectivity index (χ3n) is 8.41. The summed E-state index contributed by atoms with van der Waals surface area (Å²) in [5.74, 6) is 2.04. The van der Waals surface area contributed by atoms with E-state index in [4.69, 9.17) is 15.0 Å². The zero-order valence-corrected chi connectivity index (χ0v) is 24.4. The van der Waals surface area contributed by atoms with Crippen molar-refractivity contribution in [1.82, 2.24) is 15.0 Å². The molecule has 7 aromatic rings. The van der Waals surface area contributed by atoms with E-state index in [9.17, 15) is 0 Å². The highest BCUT2D eigenvalue weighted by atomic mass is 28.3. The van der Waals surface area contributed by atoms with E-state index in [1.54, 1.807) is 0 Å². The van der Waals surface area contributed by atoms with Gasteiger partial charge in [-0.25, -0.2) is 15.0 Å². The molecule has 3 nitrogen and oxygen atoms in total. The zero-order valence-electron chi connectivity index (χ0n) is 23.4. The Kier molecular flexibility index (Phi) is 6.13. The quantitative estimate of drug-likeness (QED) is 0.232. The Morgan fingerprint density at radius 3 is 1.30 bits per heavy atom. The van der Waals surface area contributed by atoms with Gasteiger partial charge in [0.15, 0.2) is 25.5 Å². The molecule has 8 rings (SSSR count). The van der Waals surface area contributed by atoms with Gasteiger partial charge < -0.3 is 0 Å². The molecule has 0 N–H and O–H groups in total. The molecular weight excluding hydrogens is 539 g/mol. The fraction of sp³-hybridized carbons (Fsp3) is 0. The van der Waals surface area contributed by atoms with Crippen molar-refractivity contribution in [2.24, 2.45) is 0 Å². The average Bonchev–Trinajstić information content (AvgIpc) is 3.41. The summed E-state index contributed by atoms with van der Waals surface area (Å²) in [7, 11) is -2.75. The summed E-state index contributed by atoms with van der Waals surface area (Å²) >= 11 is 0. The van der Waals surface area contributed by atoms with Crippen molar-refractivity contribution in [3.8, 4) is 45.3 Å². The fourth-order valence-corrected chi connectivity index (χ4v) is 12.0. The van der Waals surface area contributed by atoms with Crippen LogP contribution in [0.5, 0.6) is 0 Å². The van der Waals surface area contributed by atoms with Crippen LogP contribution < -0.4 is 20.7 Å². The number of nitrogens with zero attached hydrogens (tertiary/aromatic N) is 3.